The SMILES string of the molecule is COc1coc(C(=O)Nc2ccn[nH]2)cc1=O. The first-order valence-corrected chi connectivity index (χ1v) is 4.68. The first-order chi connectivity index (χ1) is 8.20. The number of carbonyl (C=O) groups excluding carboxylic acids is 1. The number of aromatic amines is 1. The van der Waals surface area contributed by atoms with Crippen molar-refractivity contribution in [2.45, 2.75) is 0 Å². The Bertz CT molecular complexity index is 573. The van der Waals surface area contributed by atoms with Crippen molar-refractivity contribution in [2.24, 2.45) is 0 Å². The van der Waals surface area contributed by atoms with Crippen molar-refractivity contribution in [2.75, 3.05) is 12.4 Å². The number of aromatic nitrogens is 2. The van der Waals surface area contributed by atoms with Crippen LogP contribution in [0, 0.1) is 0 Å². The Morgan fingerprint density at radius 1 is 1.59 bits per heavy atom. The number of ether oxygens (including phenoxy) is 1. The van der Waals surface area contributed by atoms with Gasteiger partial charge in [-0.25, -0.2) is 0 Å². The maximum atomic E-state index is 11.6. The van der Waals surface area contributed by atoms with E-state index in [2.05, 4.69) is 15.5 Å². The lowest BCUT2D eigenvalue weighted by atomic mass is 10.3. The van der Waals surface area contributed by atoms with Gasteiger partial charge in [-0.3, -0.25) is 14.7 Å². The zero-order valence-electron chi connectivity index (χ0n) is 8.89. The van der Waals surface area contributed by atoms with Gasteiger partial charge in [-0.1, -0.05) is 0 Å². The average Bonchev–Trinajstić information content (AvgIpc) is 2.81. The Morgan fingerprint density at radius 2 is 2.41 bits per heavy atom. The minimum Gasteiger partial charge on any atom is -0.490 e. The number of hydrogen-bond donors (Lipinski definition) is 2. The average molecular weight is 235 g/mol. The van der Waals surface area contributed by atoms with E-state index in [4.69, 9.17) is 9.15 Å². The molecule has 2 heterocycles. The van der Waals surface area contributed by atoms with Gasteiger partial charge in [0.15, 0.2) is 5.76 Å². The second-order valence-electron chi connectivity index (χ2n) is 3.10. The predicted molar refractivity (Wildman–Crippen MR) is 58.1 cm³/mol. The summed E-state index contributed by atoms with van der Waals surface area (Å²) < 4.78 is 9.70. The summed E-state index contributed by atoms with van der Waals surface area (Å²) in [5.41, 5.74) is -0.423. The van der Waals surface area contributed by atoms with Crippen LogP contribution in [0.15, 0.2) is 33.8 Å². The van der Waals surface area contributed by atoms with Crippen LogP contribution in [0.3, 0.4) is 0 Å². The second-order valence-corrected chi connectivity index (χ2v) is 3.10. The van der Waals surface area contributed by atoms with Crippen LogP contribution in [0.1, 0.15) is 10.6 Å². The summed E-state index contributed by atoms with van der Waals surface area (Å²) in [6, 6.07) is 2.63. The van der Waals surface area contributed by atoms with Crippen LogP contribution < -0.4 is 15.5 Å². The van der Waals surface area contributed by atoms with E-state index >= 15 is 0 Å². The highest BCUT2D eigenvalue weighted by Gasteiger charge is 2.12. The molecule has 0 bridgehead atoms. The molecule has 0 fully saturated rings. The molecule has 7 nitrogen and oxygen atoms in total. The molecule has 0 unspecified atom stereocenters. The highest BCUT2D eigenvalue weighted by Crippen LogP contribution is 2.07. The van der Waals surface area contributed by atoms with Crippen molar-refractivity contribution in [3.8, 4) is 5.75 Å². The predicted octanol–water partition coefficient (Wildman–Crippen LogP) is 0.624. The van der Waals surface area contributed by atoms with Crippen LogP contribution in [0.4, 0.5) is 5.82 Å². The standard InChI is InChI=1S/C10H9N3O4/c1-16-8-5-17-7(4-6(8)14)10(15)12-9-2-3-11-13-9/h2-5H,1H3,(H2,11,12,13,15). The smallest absolute Gasteiger partial charge is 0.292 e. The number of nitrogens with zero attached hydrogens (tertiary/aromatic N) is 1. The van der Waals surface area contributed by atoms with Crippen LogP contribution in [0.2, 0.25) is 0 Å². The van der Waals surface area contributed by atoms with Gasteiger partial charge in [0.2, 0.25) is 11.2 Å². The van der Waals surface area contributed by atoms with E-state index in [0.717, 1.165) is 12.3 Å². The molecular formula is C10H9N3O4. The first-order valence-electron chi connectivity index (χ1n) is 4.68. The summed E-state index contributed by atoms with van der Waals surface area (Å²) in [6.07, 6.45) is 2.57. The van der Waals surface area contributed by atoms with E-state index in [9.17, 15) is 9.59 Å². The molecule has 2 aromatic rings. The molecule has 17 heavy (non-hydrogen) atoms. The zero-order chi connectivity index (χ0) is 12.3. The van der Waals surface area contributed by atoms with Crippen LogP contribution in [0.5, 0.6) is 5.75 Å². The highest BCUT2D eigenvalue weighted by atomic mass is 16.5. The van der Waals surface area contributed by atoms with Gasteiger partial charge in [0.05, 0.1) is 13.3 Å². The molecule has 0 aliphatic carbocycles. The topological polar surface area (TPSA) is 97.2 Å². The fraction of sp³-hybridized carbons (Fsp3) is 0.100. The van der Waals surface area contributed by atoms with E-state index in [0.29, 0.717) is 5.82 Å². The fourth-order valence-corrected chi connectivity index (χ4v) is 1.18. The lowest BCUT2D eigenvalue weighted by Gasteiger charge is -2.02. The van der Waals surface area contributed by atoms with E-state index < -0.39 is 11.3 Å². The Morgan fingerprint density at radius 3 is 3.00 bits per heavy atom. The maximum Gasteiger partial charge on any atom is 0.292 e. The van der Waals surface area contributed by atoms with Gasteiger partial charge in [0.1, 0.15) is 12.1 Å². The van der Waals surface area contributed by atoms with Crippen LogP contribution in [-0.4, -0.2) is 23.2 Å². The van der Waals surface area contributed by atoms with Crippen molar-refractivity contribution in [3.63, 3.8) is 0 Å². The Hall–Kier alpha value is -2.57. The molecule has 0 saturated heterocycles. The molecular weight excluding hydrogens is 226 g/mol. The third-order valence-corrected chi connectivity index (χ3v) is 1.99. The minimum atomic E-state index is -0.547. The summed E-state index contributed by atoms with van der Waals surface area (Å²) in [5.74, 6) is -0.198. The van der Waals surface area contributed by atoms with Gasteiger partial charge in [-0.05, 0) is 0 Å². The maximum absolute atomic E-state index is 11.6. The van der Waals surface area contributed by atoms with E-state index in [-0.39, 0.29) is 11.5 Å². The number of rotatable bonds is 3. The van der Waals surface area contributed by atoms with Gasteiger partial charge in [-0.15, -0.1) is 0 Å². The molecule has 0 aliphatic rings. The van der Waals surface area contributed by atoms with E-state index in [1.807, 2.05) is 0 Å². The number of nitrogens with one attached hydrogen (secondary N) is 2. The largest absolute Gasteiger partial charge is 0.490 e. The quantitative estimate of drug-likeness (QED) is 0.812. The summed E-state index contributed by atoms with van der Waals surface area (Å²) in [7, 11) is 1.34. The highest BCUT2D eigenvalue weighted by molar-refractivity contribution is 6.01. The van der Waals surface area contributed by atoms with Crippen LogP contribution >= 0.6 is 0 Å². The normalized spacial score (nSPS) is 9.94. The van der Waals surface area contributed by atoms with E-state index in [1.165, 1.54) is 13.3 Å². The Balaban J connectivity index is 2.20. The van der Waals surface area contributed by atoms with E-state index in [1.54, 1.807) is 6.07 Å². The summed E-state index contributed by atoms with van der Waals surface area (Å²) in [5, 5.41) is 8.68. The van der Waals surface area contributed by atoms with Crippen molar-refractivity contribution in [1.82, 2.24) is 10.2 Å². The second kappa shape index (κ2) is 4.52. The first kappa shape index (κ1) is 10.9. The number of amides is 1. The summed E-state index contributed by atoms with van der Waals surface area (Å²) in [6.45, 7) is 0. The molecule has 7 heteroatoms. The lowest BCUT2D eigenvalue weighted by Crippen LogP contribution is -2.15. The molecule has 0 spiro atoms. The number of methoxy groups -OCH3 is 1. The molecule has 88 valence electrons. The number of carbonyl (C=O) groups is 1. The molecule has 2 N–H and O–H groups in total. The van der Waals surface area contributed by atoms with Crippen LogP contribution in [-0.2, 0) is 0 Å². The van der Waals surface area contributed by atoms with Gasteiger partial charge in [-0.2, -0.15) is 5.10 Å². The van der Waals surface area contributed by atoms with Crippen molar-refractivity contribution in [3.05, 3.63) is 40.6 Å². The number of anilines is 1. The fourth-order valence-electron chi connectivity index (χ4n) is 1.18. The van der Waals surface area contributed by atoms with Crippen molar-refractivity contribution < 1.29 is 13.9 Å². The monoisotopic (exact) mass is 235 g/mol. The number of H-pyrrole nitrogens is 1. The molecule has 2 aromatic heterocycles. The third-order valence-electron chi connectivity index (χ3n) is 1.99. The van der Waals surface area contributed by atoms with Gasteiger partial charge in [0, 0.05) is 12.1 Å². The molecule has 0 atom stereocenters. The van der Waals surface area contributed by atoms with Crippen molar-refractivity contribution >= 4 is 11.7 Å². The molecule has 0 aliphatic heterocycles. The molecule has 0 radical (unpaired) electrons. The van der Waals surface area contributed by atoms with Crippen molar-refractivity contribution in [1.29, 1.82) is 0 Å². The van der Waals surface area contributed by atoms with Gasteiger partial charge < -0.3 is 14.5 Å². The van der Waals surface area contributed by atoms with Gasteiger partial charge in [0.25, 0.3) is 5.91 Å². The molecule has 0 aromatic carbocycles. The minimum absolute atomic E-state index is 0.0445. The molecule has 1 amide bonds. The third kappa shape index (κ3) is 2.33. The van der Waals surface area contributed by atoms with Crippen LogP contribution in [0.25, 0.3) is 0 Å². The number of hydrogen-bond acceptors (Lipinski definition) is 5. The zero-order valence-corrected chi connectivity index (χ0v) is 8.89. The Labute approximate surface area is 95.4 Å². The molecule has 2 rings (SSSR count). The van der Waals surface area contributed by atoms with Gasteiger partial charge >= 0.3 is 0 Å². The summed E-state index contributed by atoms with van der Waals surface area (Å²) in [4.78, 5) is 23.0. The summed E-state index contributed by atoms with van der Waals surface area (Å²) >= 11 is 0. The molecule has 0 saturated carbocycles. The Kier molecular flexibility index (Phi) is 2.91. The lowest BCUT2D eigenvalue weighted by molar-refractivity contribution is 0.0993.